The van der Waals surface area contributed by atoms with Crippen LogP contribution in [-0.4, -0.2) is 134 Å². The second-order valence-electron chi connectivity index (χ2n) is 22.7. The molecule has 0 saturated heterocycles. The summed E-state index contributed by atoms with van der Waals surface area (Å²) in [6.45, 7) is 8.78. The molecule has 0 bridgehead atoms. The highest BCUT2D eigenvalue weighted by Crippen LogP contribution is 2.46. The molecule has 4 aromatic carbocycles. The Morgan fingerprint density at radius 3 is 1.34 bits per heavy atom. The van der Waals surface area contributed by atoms with Crippen molar-refractivity contribution < 1.29 is 83.5 Å². The predicted octanol–water partition coefficient (Wildman–Crippen LogP) is 11.1. The average Bonchev–Trinajstić information content (AvgIpc) is 1.55. The molecule has 20 nitrogen and oxygen atoms in total. The Balaban J connectivity index is 0.000000218. The first-order valence-corrected chi connectivity index (χ1v) is 33.5. The number of pyridine rings is 2. The number of thioether (sulfide) groups is 2. The fourth-order valence-corrected chi connectivity index (χ4v) is 13.5. The lowest BCUT2D eigenvalue weighted by Gasteiger charge is -2.46. The van der Waals surface area contributed by atoms with E-state index in [2.05, 4.69) is 38.6 Å². The van der Waals surface area contributed by atoms with Crippen molar-refractivity contribution >= 4 is 56.0 Å². The van der Waals surface area contributed by atoms with Gasteiger partial charge in [0.15, 0.2) is 19.7 Å². The standard InChI is InChI=1S/C34H40F3N3O7SSi.C28H26F3N3O7S/c1-22(34(35,36)37)38-20-40(28-24-12-8-7-11-23(24)19-48-27-14-10-9-13-25(27)28)39-16-15-26(41)30(29(39)31(38)42)45-21-46-32(43)44-17-18-47-49(5,6)33(2,3)4;1-17(28(29,30)31)32-15-34(23-19-7-3-2-6-18(19)14-42-22-9-5-4-8-20(22)23)33-11-10-21(36)25(24(33)26(32)37)40-16-41-27(38)39-13-12-35/h7-16,22,28H,17-21H2,1-6H3;2-11,17,23,35H,12-16H2,1H3/t22-,28+;17-,23+/m11/s1. The van der Waals surface area contributed by atoms with Crippen LogP contribution in [-0.2, 0) is 34.9 Å². The summed E-state index contributed by atoms with van der Waals surface area (Å²) in [6.07, 6.45) is -9.19. The maximum atomic E-state index is 14.2. The van der Waals surface area contributed by atoms with Gasteiger partial charge in [0.1, 0.15) is 38.6 Å². The molecule has 4 atom stereocenters. The molecule has 6 heterocycles. The number of ether oxygens (including phenoxy) is 6. The number of benzene rings is 4. The minimum Gasteiger partial charge on any atom is -0.451 e. The Labute approximate surface area is 528 Å². The molecule has 0 spiro atoms. The highest BCUT2D eigenvalue weighted by Gasteiger charge is 2.50. The number of carbonyl (C=O) groups is 4. The molecule has 10 rings (SSSR count). The van der Waals surface area contributed by atoms with E-state index in [0.29, 0.717) is 21.3 Å². The van der Waals surface area contributed by atoms with Crippen LogP contribution in [0.3, 0.4) is 0 Å². The van der Waals surface area contributed by atoms with Crippen molar-refractivity contribution in [2.75, 3.05) is 63.4 Å². The first-order valence-electron chi connectivity index (χ1n) is 28.6. The number of alkyl halides is 6. The minimum atomic E-state index is -4.77. The maximum Gasteiger partial charge on any atom is 0.511 e. The van der Waals surface area contributed by atoms with Crippen LogP contribution in [0.5, 0.6) is 11.5 Å². The highest BCUT2D eigenvalue weighted by atomic mass is 32.2. The maximum absolute atomic E-state index is 14.2. The summed E-state index contributed by atoms with van der Waals surface area (Å²) in [5.74, 6) is -2.06. The van der Waals surface area contributed by atoms with E-state index in [9.17, 15) is 55.1 Å². The van der Waals surface area contributed by atoms with Crippen LogP contribution in [0.4, 0.5) is 35.9 Å². The molecule has 4 aliphatic rings. The summed E-state index contributed by atoms with van der Waals surface area (Å²) in [6, 6.07) is 26.8. The van der Waals surface area contributed by atoms with E-state index >= 15 is 0 Å². The van der Waals surface area contributed by atoms with Gasteiger partial charge in [-0.15, -0.1) is 23.5 Å². The fourth-order valence-electron chi connectivity index (χ4n) is 10.3. The number of amides is 2. The van der Waals surface area contributed by atoms with Crippen LogP contribution in [0.2, 0.25) is 18.1 Å². The molecule has 0 saturated carbocycles. The molecule has 0 aliphatic carbocycles. The number of rotatable bonds is 16. The summed E-state index contributed by atoms with van der Waals surface area (Å²) >= 11 is 3.20. The number of carbonyl (C=O) groups excluding carboxylic acids is 4. The molecule has 1 N–H and O–H groups in total. The quantitative estimate of drug-likeness (QED) is 0.0314. The van der Waals surface area contributed by atoms with E-state index in [1.54, 1.807) is 33.5 Å². The van der Waals surface area contributed by atoms with Gasteiger partial charge in [-0.3, -0.25) is 38.5 Å². The Morgan fingerprint density at radius 2 is 0.945 bits per heavy atom. The number of fused-ring (bicyclic) bond motifs is 6. The topological polar surface area (TPSA) is 210 Å². The van der Waals surface area contributed by atoms with Crippen molar-refractivity contribution in [2.24, 2.45) is 0 Å². The molecule has 0 radical (unpaired) electrons. The van der Waals surface area contributed by atoms with Gasteiger partial charge in [-0.05, 0) is 77.5 Å². The van der Waals surface area contributed by atoms with Gasteiger partial charge in [0.2, 0.25) is 35.9 Å². The number of nitrogens with zero attached hydrogens (tertiary/aromatic N) is 6. The molecule has 2 amide bonds. The number of aromatic nitrogens is 2. The lowest BCUT2D eigenvalue weighted by atomic mass is 9.94. The summed E-state index contributed by atoms with van der Waals surface area (Å²) in [7, 11) is -2.06. The van der Waals surface area contributed by atoms with Crippen LogP contribution in [0.15, 0.2) is 141 Å². The molecular formula is C62H66F6N6O14S2Si. The van der Waals surface area contributed by atoms with E-state index < -0.39 is 136 Å². The molecule has 486 valence electrons. The Hall–Kier alpha value is -8.12. The van der Waals surface area contributed by atoms with Crippen LogP contribution in [0.25, 0.3) is 0 Å². The number of aliphatic hydroxyl groups is 1. The second-order valence-corrected chi connectivity index (χ2v) is 29.6. The van der Waals surface area contributed by atoms with Crippen molar-refractivity contribution in [3.8, 4) is 11.5 Å². The van der Waals surface area contributed by atoms with Crippen molar-refractivity contribution in [3.05, 3.63) is 187 Å². The zero-order valence-electron chi connectivity index (χ0n) is 50.4. The molecule has 29 heteroatoms. The molecule has 91 heavy (non-hydrogen) atoms. The number of hydrogen-bond acceptors (Lipinski definition) is 18. The van der Waals surface area contributed by atoms with Gasteiger partial charge in [0, 0.05) is 45.8 Å². The second kappa shape index (κ2) is 27.8. The van der Waals surface area contributed by atoms with E-state index in [4.69, 9.17) is 33.2 Å². The molecule has 0 unspecified atom stereocenters. The number of halogens is 6. The third kappa shape index (κ3) is 14.6. The van der Waals surface area contributed by atoms with Crippen LogP contribution < -0.4 is 30.3 Å². The van der Waals surface area contributed by atoms with E-state index in [1.165, 1.54) is 21.7 Å². The summed E-state index contributed by atoms with van der Waals surface area (Å²) < 4.78 is 124. The smallest absolute Gasteiger partial charge is 0.451 e. The third-order valence-corrected chi connectivity index (χ3v) is 23.0. The molecule has 0 fully saturated rings. The lowest BCUT2D eigenvalue weighted by molar-refractivity contribution is -0.173. The predicted molar refractivity (Wildman–Crippen MR) is 326 cm³/mol. The minimum absolute atomic E-state index is 0.0351. The fraction of sp³-hybridized carbons (Fsp3) is 0.387. The summed E-state index contributed by atoms with van der Waals surface area (Å²) in [5, 5.41) is 12.0. The van der Waals surface area contributed by atoms with Crippen LogP contribution >= 0.6 is 23.5 Å². The van der Waals surface area contributed by atoms with E-state index in [0.717, 1.165) is 69.2 Å². The van der Waals surface area contributed by atoms with Crippen molar-refractivity contribution in [1.82, 2.24) is 19.2 Å². The van der Waals surface area contributed by atoms with Crippen molar-refractivity contribution in [3.63, 3.8) is 0 Å². The monoisotopic (exact) mass is 1320 g/mol. The van der Waals surface area contributed by atoms with E-state index in [1.807, 2.05) is 97.1 Å². The highest BCUT2D eigenvalue weighted by molar-refractivity contribution is 7.98. The molecule has 6 aromatic rings. The van der Waals surface area contributed by atoms with E-state index in [-0.39, 0.29) is 24.9 Å². The van der Waals surface area contributed by atoms with Crippen molar-refractivity contribution in [1.29, 1.82) is 0 Å². The third-order valence-electron chi connectivity index (χ3n) is 16.2. The van der Waals surface area contributed by atoms with Crippen molar-refractivity contribution in [2.45, 2.75) is 111 Å². The first-order chi connectivity index (χ1) is 43.1. The molecule has 4 aliphatic heterocycles. The van der Waals surface area contributed by atoms with Crippen LogP contribution in [0, 0.1) is 0 Å². The largest absolute Gasteiger partial charge is 0.511 e. The Kier molecular flexibility index (Phi) is 20.5. The number of aliphatic hydroxyl groups excluding tert-OH is 1. The SMILES string of the molecule is C[C@@H](N1CN([C@H]2c3ccccc3CSc3ccccc32)n2ccc(=O)c(OCOC(=O)OCCO)c2C1=O)C(F)(F)F.C[C@@H](N1CN([C@H]2c3ccccc3CSc3ccccc32)n2ccc(=O)c(OCOC(=O)OCCO[Si](C)(C)C(C)(C)C)c2C1=O)C(F)(F)F. The molecule has 2 aromatic heterocycles. The van der Waals surface area contributed by atoms with Gasteiger partial charge in [-0.1, -0.05) is 106 Å². The first kappa shape index (κ1) is 67.3. The van der Waals surface area contributed by atoms with Gasteiger partial charge in [0.25, 0.3) is 11.8 Å². The van der Waals surface area contributed by atoms with Gasteiger partial charge in [-0.25, -0.2) is 9.59 Å². The zero-order valence-corrected chi connectivity index (χ0v) is 53.1. The van der Waals surface area contributed by atoms with Crippen LogP contribution in [0.1, 0.15) is 101 Å². The van der Waals surface area contributed by atoms with Gasteiger partial charge in [-0.2, -0.15) is 26.3 Å². The summed E-state index contributed by atoms with van der Waals surface area (Å²) in [4.78, 5) is 80.8. The lowest BCUT2D eigenvalue weighted by Crippen LogP contribution is -2.60. The van der Waals surface area contributed by atoms with Gasteiger partial charge < -0.3 is 47.8 Å². The normalized spacial score (nSPS) is 17.0. The number of hydrogen-bond donors (Lipinski definition) is 1. The zero-order chi connectivity index (χ0) is 65.7. The Morgan fingerprint density at radius 1 is 0.560 bits per heavy atom. The molecular weight excluding hydrogens is 1260 g/mol. The average molecular weight is 1330 g/mol. The van der Waals surface area contributed by atoms with Gasteiger partial charge >= 0.3 is 24.7 Å². The Bertz CT molecular complexity index is 3700. The van der Waals surface area contributed by atoms with Gasteiger partial charge in [0.05, 0.1) is 25.3 Å². The summed E-state index contributed by atoms with van der Waals surface area (Å²) in [5.41, 5.74) is 2.76.